The molecule has 3 heteroatoms. The second-order valence-corrected chi connectivity index (χ2v) is 6.74. The fourth-order valence-corrected chi connectivity index (χ4v) is 4.22. The Hall–Kier alpha value is -1.51. The normalized spacial score (nSPS) is 28.3. The molecule has 0 heterocycles. The number of hydrogen-bond acceptors (Lipinski definition) is 2. The van der Waals surface area contributed by atoms with Crippen LogP contribution in [0.1, 0.15) is 39.0 Å². The standard InChI is InChI=1S/C18H26N2O/c1-13(17-12-14-7-8-15(17)11-14)20-18(21)9-10-19-16-5-3-2-4-6-16/h2-6,13-15,17,19H,7-12H2,1H3,(H,20,21)/t13-,14+,15+,17-/m1/s1. The SMILES string of the molecule is C[C@@H](NC(=O)CCNc1ccccc1)[C@H]1C[C@H]2CC[C@H]1C2. The second-order valence-electron chi connectivity index (χ2n) is 6.74. The maximum atomic E-state index is 12.1. The highest BCUT2D eigenvalue weighted by molar-refractivity contribution is 5.76. The van der Waals surface area contributed by atoms with E-state index in [1.54, 1.807) is 0 Å². The van der Waals surface area contributed by atoms with Gasteiger partial charge in [0.15, 0.2) is 0 Å². The first-order valence-electron chi connectivity index (χ1n) is 8.30. The van der Waals surface area contributed by atoms with Crippen molar-refractivity contribution >= 4 is 11.6 Å². The lowest BCUT2D eigenvalue weighted by Crippen LogP contribution is -2.40. The molecule has 2 bridgehead atoms. The van der Waals surface area contributed by atoms with E-state index in [1.165, 1.54) is 25.7 Å². The van der Waals surface area contributed by atoms with Crippen LogP contribution >= 0.6 is 0 Å². The van der Waals surface area contributed by atoms with Crippen molar-refractivity contribution in [3.63, 3.8) is 0 Å². The van der Waals surface area contributed by atoms with Gasteiger partial charge in [0.2, 0.25) is 5.91 Å². The van der Waals surface area contributed by atoms with Crippen LogP contribution in [0.2, 0.25) is 0 Å². The van der Waals surface area contributed by atoms with Crippen LogP contribution in [0.5, 0.6) is 0 Å². The van der Waals surface area contributed by atoms with E-state index in [0.717, 1.165) is 23.4 Å². The molecule has 0 aliphatic heterocycles. The third-order valence-electron chi connectivity index (χ3n) is 5.28. The van der Waals surface area contributed by atoms with Gasteiger partial charge in [0, 0.05) is 24.7 Å². The molecule has 2 N–H and O–H groups in total. The summed E-state index contributed by atoms with van der Waals surface area (Å²) in [6, 6.07) is 10.4. The van der Waals surface area contributed by atoms with E-state index in [2.05, 4.69) is 17.6 Å². The molecule has 2 saturated carbocycles. The molecule has 114 valence electrons. The van der Waals surface area contributed by atoms with Gasteiger partial charge < -0.3 is 10.6 Å². The summed E-state index contributed by atoms with van der Waals surface area (Å²) in [5.41, 5.74) is 1.08. The van der Waals surface area contributed by atoms with Crippen LogP contribution in [0, 0.1) is 17.8 Å². The fourth-order valence-electron chi connectivity index (χ4n) is 4.22. The van der Waals surface area contributed by atoms with E-state index in [0.29, 0.717) is 19.0 Å². The smallest absolute Gasteiger partial charge is 0.221 e. The summed E-state index contributed by atoms with van der Waals surface area (Å²) >= 11 is 0. The number of benzene rings is 1. The molecular weight excluding hydrogens is 260 g/mol. The third-order valence-corrected chi connectivity index (χ3v) is 5.28. The molecule has 2 aliphatic carbocycles. The Balaban J connectivity index is 1.38. The highest BCUT2D eigenvalue weighted by Crippen LogP contribution is 2.49. The topological polar surface area (TPSA) is 41.1 Å². The summed E-state index contributed by atoms with van der Waals surface area (Å²) in [5.74, 6) is 2.70. The van der Waals surface area contributed by atoms with E-state index in [-0.39, 0.29) is 5.91 Å². The van der Waals surface area contributed by atoms with Gasteiger partial charge in [0.05, 0.1) is 0 Å². The molecule has 21 heavy (non-hydrogen) atoms. The van der Waals surface area contributed by atoms with Crippen LogP contribution < -0.4 is 10.6 Å². The van der Waals surface area contributed by atoms with Crippen molar-refractivity contribution < 1.29 is 4.79 Å². The largest absolute Gasteiger partial charge is 0.385 e. The number of nitrogens with one attached hydrogen (secondary N) is 2. The molecule has 0 aromatic heterocycles. The lowest BCUT2D eigenvalue weighted by Gasteiger charge is -2.28. The Labute approximate surface area is 127 Å². The van der Waals surface area contributed by atoms with Crippen molar-refractivity contribution in [3.05, 3.63) is 30.3 Å². The minimum atomic E-state index is 0.175. The van der Waals surface area contributed by atoms with Crippen LogP contribution in [-0.4, -0.2) is 18.5 Å². The van der Waals surface area contributed by atoms with Crippen molar-refractivity contribution in [1.29, 1.82) is 0 Å². The number of hydrogen-bond donors (Lipinski definition) is 2. The zero-order valence-electron chi connectivity index (χ0n) is 12.8. The van der Waals surface area contributed by atoms with Gasteiger partial charge in [-0.25, -0.2) is 0 Å². The molecular formula is C18H26N2O. The van der Waals surface area contributed by atoms with E-state index < -0.39 is 0 Å². The molecule has 2 aliphatic rings. The first-order chi connectivity index (χ1) is 10.2. The van der Waals surface area contributed by atoms with Gasteiger partial charge in [-0.1, -0.05) is 24.6 Å². The monoisotopic (exact) mass is 286 g/mol. The molecule has 1 aromatic rings. The third kappa shape index (κ3) is 3.58. The molecule has 0 unspecified atom stereocenters. The summed E-state index contributed by atoms with van der Waals surface area (Å²) in [6.45, 7) is 2.88. The van der Waals surface area contributed by atoms with Crippen LogP contribution in [0.4, 0.5) is 5.69 Å². The number of fused-ring (bicyclic) bond motifs is 2. The van der Waals surface area contributed by atoms with Crippen molar-refractivity contribution in [2.24, 2.45) is 17.8 Å². The lowest BCUT2D eigenvalue weighted by atomic mass is 9.84. The average molecular weight is 286 g/mol. The first kappa shape index (κ1) is 14.4. The number of carbonyl (C=O) groups is 1. The summed E-state index contributed by atoms with van der Waals surface area (Å²) in [5, 5.41) is 6.50. The molecule has 3 rings (SSSR count). The van der Waals surface area contributed by atoms with Gasteiger partial charge in [0.1, 0.15) is 0 Å². The van der Waals surface area contributed by atoms with Crippen LogP contribution in [0.25, 0.3) is 0 Å². The number of para-hydroxylation sites is 1. The maximum absolute atomic E-state index is 12.1. The quantitative estimate of drug-likeness (QED) is 0.841. The van der Waals surface area contributed by atoms with Crippen molar-refractivity contribution in [1.82, 2.24) is 5.32 Å². The first-order valence-corrected chi connectivity index (χ1v) is 8.30. The maximum Gasteiger partial charge on any atom is 0.221 e. The van der Waals surface area contributed by atoms with Crippen molar-refractivity contribution in [2.75, 3.05) is 11.9 Å². The van der Waals surface area contributed by atoms with Gasteiger partial charge in [0.25, 0.3) is 0 Å². The minimum absolute atomic E-state index is 0.175. The minimum Gasteiger partial charge on any atom is -0.385 e. The lowest BCUT2D eigenvalue weighted by molar-refractivity contribution is -0.121. The van der Waals surface area contributed by atoms with Crippen LogP contribution in [0.3, 0.4) is 0 Å². The predicted octanol–water partition coefficient (Wildman–Crippen LogP) is 3.43. The molecule has 2 fully saturated rings. The zero-order chi connectivity index (χ0) is 14.7. The fraction of sp³-hybridized carbons (Fsp3) is 0.611. The number of anilines is 1. The van der Waals surface area contributed by atoms with E-state index in [9.17, 15) is 4.79 Å². The van der Waals surface area contributed by atoms with Crippen molar-refractivity contribution in [2.45, 2.75) is 45.1 Å². The molecule has 1 amide bonds. The van der Waals surface area contributed by atoms with E-state index in [4.69, 9.17) is 0 Å². The Morgan fingerprint density at radius 1 is 1.24 bits per heavy atom. The Morgan fingerprint density at radius 3 is 2.71 bits per heavy atom. The van der Waals surface area contributed by atoms with Gasteiger partial charge in [-0.15, -0.1) is 0 Å². The zero-order valence-corrected chi connectivity index (χ0v) is 12.8. The summed E-state index contributed by atoms with van der Waals surface area (Å²) < 4.78 is 0. The summed E-state index contributed by atoms with van der Waals surface area (Å²) in [7, 11) is 0. The number of amides is 1. The molecule has 3 nitrogen and oxygen atoms in total. The Morgan fingerprint density at radius 2 is 2.05 bits per heavy atom. The predicted molar refractivity (Wildman–Crippen MR) is 86.1 cm³/mol. The second kappa shape index (κ2) is 6.50. The molecule has 0 radical (unpaired) electrons. The Kier molecular flexibility index (Phi) is 4.47. The van der Waals surface area contributed by atoms with Gasteiger partial charge in [-0.05, 0) is 56.1 Å². The summed E-state index contributed by atoms with van der Waals surface area (Å²) in [4.78, 5) is 12.1. The molecule has 4 atom stereocenters. The molecule has 0 saturated heterocycles. The average Bonchev–Trinajstić information content (AvgIpc) is 3.11. The van der Waals surface area contributed by atoms with Crippen molar-refractivity contribution in [3.8, 4) is 0 Å². The highest BCUT2D eigenvalue weighted by atomic mass is 16.1. The van der Waals surface area contributed by atoms with Gasteiger partial charge >= 0.3 is 0 Å². The molecule has 1 aromatic carbocycles. The van der Waals surface area contributed by atoms with E-state index in [1.807, 2.05) is 30.3 Å². The summed E-state index contributed by atoms with van der Waals surface area (Å²) in [6.07, 6.45) is 6.07. The van der Waals surface area contributed by atoms with Gasteiger partial charge in [-0.2, -0.15) is 0 Å². The number of rotatable bonds is 6. The number of carbonyl (C=O) groups excluding carboxylic acids is 1. The van der Waals surface area contributed by atoms with E-state index >= 15 is 0 Å². The van der Waals surface area contributed by atoms with Gasteiger partial charge in [-0.3, -0.25) is 4.79 Å². The highest BCUT2D eigenvalue weighted by Gasteiger charge is 2.41. The van der Waals surface area contributed by atoms with Crippen LogP contribution in [-0.2, 0) is 4.79 Å². The van der Waals surface area contributed by atoms with Crippen LogP contribution in [0.15, 0.2) is 30.3 Å². The molecule has 0 spiro atoms. The Bertz CT molecular complexity index is 473.